The molecule has 0 spiro atoms. The highest BCUT2D eigenvalue weighted by molar-refractivity contribution is 5.88. The van der Waals surface area contributed by atoms with Crippen LogP contribution in [0.5, 0.6) is 0 Å². The molecular formula is C25H29FN4O. The third-order valence-electron chi connectivity index (χ3n) is 6.90. The second-order valence-corrected chi connectivity index (χ2v) is 9.32. The number of ketones is 1. The Morgan fingerprint density at radius 2 is 1.87 bits per heavy atom. The predicted octanol–water partition coefficient (Wildman–Crippen LogP) is 4.21. The number of aromatic nitrogens is 3. The molecule has 0 N–H and O–H groups in total. The van der Waals surface area contributed by atoms with Crippen molar-refractivity contribution in [3.05, 3.63) is 48.5 Å². The van der Waals surface area contributed by atoms with Crippen molar-refractivity contribution in [2.24, 2.45) is 18.9 Å². The Kier molecular flexibility index (Phi) is 5.57. The maximum atomic E-state index is 13.0. The molecule has 3 aromatic rings. The van der Waals surface area contributed by atoms with Crippen molar-refractivity contribution in [2.45, 2.75) is 38.3 Å². The summed E-state index contributed by atoms with van der Waals surface area (Å²) >= 11 is 0. The number of alkyl halides is 1. The molecule has 2 fully saturated rings. The molecule has 31 heavy (non-hydrogen) atoms. The normalized spacial score (nSPS) is 22.5. The van der Waals surface area contributed by atoms with E-state index in [0.29, 0.717) is 31.2 Å². The Morgan fingerprint density at radius 3 is 2.58 bits per heavy atom. The van der Waals surface area contributed by atoms with Crippen molar-refractivity contribution >= 4 is 16.6 Å². The van der Waals surface area contributed by atoms with Gasteiger partial charge < -0.3 is 0 Å². The lowest BCUT2D eigenvalue weighted by Gasteiger charge is -2.38. The Bertz CT molecular complexity index is 1080. The minimum Gasteiger partial charge on any atom is -0.299 e. The molecular weight excluding hydrogens is 391 g/mol. The summed E-state index contributed by atoms with van der Waals surface area (Å²) in [6.07, 6.45) is 9.55. The lowest BCUT2D eigenvalue weighted by Crippen LogP contribution is -2.50. The molecule has 0 unspecified atom stereocenters. The molecule has 0 amide bonds. The van der Waals surface area contributed by atoms with E-state index in [1.165, 1.54) is 0 Å². The van der Waals surface area contributed by atoms with Gasteiger partial charge >= 0.3 is 0 Å². The van der Waals surface area contributed by atoms with Gasteiger partial charge in [0.05, 0.1) is 6.20 Å². The number of hydrogen-bond acceptors (Lipinski definition) is 4. The summed E-state index contributed by atoms with van der Waals surface area (Å²) in [6.45, 7) is 2.18. The average Bonchev–Trinajstić information content (AvgIpc) is 3.19. The maximum absolute atomic E-state index is 13.0. The molecule has 0 radical (unpaired) electrons. The highest BCUT2D eigenvalue weighted by atomic mass is 19.1. The molecule has 1 aliphatic carbocycles. The highest BCUT2D eigenvalue weighted by Gasteiger charge is 2.31. The van der Waals surface area contributed by atoms with Gasteiger partial charge in [0.2, 0.25) is 0 Å². The van der Waals surface area contributed by atoms with Crippen LogP contribution in [0.15, 0.2) is 42.9 Å². The number of nitrogens with zero attached hydrogens (tertiary/aromatic N) is 4. The van der Waals surface area contributed by atoms with Crippen LogP contribution in [0, 0.1) is 11.8 Å². The summed E-state index contributed by atoms with van der Waals surface area (Å²) in [6, 6.07) is 8.35. The molecule has 5 nitrogen and oxygen atoms in total. The molecule has 2 aromatic heterocycles. The van der Waals surface area contributed by atoms with E-state index in [0.717, 1.165) is 59.8 Å². The third kappa shape index (κ3) is 4.54. The summed E-state index contributed by atoms with van der Waals surface area (Å²) < 4.78 is 14.8. The number of likely N-dealkylation sites (tertiary alicyclic amines) is 1. The molecule has 2 aliphatic rings. The van der Waals surface area contributed by atoms with Gasteiger partial charge in [-0.15, -0.1) is 0 Å². The van der Waals surface area contributed by atoms with Crippen LogP contribution in [0.25, 0.3) is 21.9 Å². The van der Waals surface area contributed by atoms with Crippen LogP contribution in [-0.4, -0.2) is 51.3 Å². The van der Waals surface area contributed by atoms with Crippen LogP contribution < -0.4 is 0 Å². The van der Waals surface area contributed by atoms with Gasteiger partial charge in [-0.25, -0.2) is 4.39 Å². The minimum atomic E-state index is -0.632. The van der Waals surface area contributed by atoms with Crippen molar-refractivity contribution in [1.82, 2.24) is 19.7 Å². The van der Waals surface area contributed by atoms with Gasteiger partial charge in [0, 0.05) is 68.1 Å². The Hall–Kier alpha value is -2.60. The van der Waals surface area contributed by atoms with E-state index in [4.69, 9.17) is 0 Å². The van der Waals surface area contributed by atoms with Gasteiger partial charge in [0.15, 0.2) is 0 Å². The van der Waals surface area contributed by atoms with Gasteiger partial charge in [-0.3, -0.25) is 19.4 Å². The zero-order valence-electron chi connectivity index (χ0n) is 18.0. The number of Topliss-reactive ketones (excluding diaryl/α,β-unsaturated/α-hetero) is 1. The molecule has 6 heteroatoms. The first kappa shape index (κ1) is 20.3. The number of carbonyl (C=O) groups is 1. The van der Waals surface area contributed by atoms with E-state index >= 15 is 0 Å². The second kappa shape index (κ2) is 8.50. The third-order valence-corrected chi connectivity index (χ3v) is 6.90. The van der Waals surface area contributed by atoms with Gasteiger partial charge in [0.25, 0.3) is 0 Å². The summed E-state index contributed by atoms with van der Waals surface area (Å²) in [7, 11) is 1.91. The van der Waals surface area contributed by atoms with Crippen molar-refractivity contribution < 1.29 is 9.18 Å². The number of pyridine rings is 1. The topological polar surface area (TPSA) is 51.0 Å². The van der Waals surface area contributed by atoms with Crippen molar-refractivity contribution in [2.75, 3.05) is 19.6 Å². The van der Waals surface area contributed by atoms with E-state index in [9.17, 15) is 9.18 Å². The van der Waals surface area contributed by atoms with Crippen LogP contribution in [0.2, 0.25) is 0 Å². The van der Waals surface area contributed by atoms with Crippen LogP contribution in [0.4, 0.5) is 4.39 Å². The largest absolute Gasteiger partial charge is 0.299 e. The molecule has 1 saturated carbocycles. The van der Waals surface area contributed by atoms with E-state index in [1.807, 2.05) is 25.6 Å². The summed E-state index contributed by atoms with van der Waals surface area (Å²) in [4.78, 5) is 19.7. The average molecular weight is 421 g/mol. The zero-order chi connectivity index (χ0) is 21.4. The van der Waals surface area contributed by atoms with E-state index in [2.05, 4.69) is 39.2 Å². The number of halogens is 1. The molecule has 162 valence electrons. The lowest BCUT2D eigenvalue weighted by molar-refractivity contribution is -0.123. The SMILES string of the molecule is Cn1cc(-c2ccc3cnc(CC(=O)C4CCC(CN5CC(F)C5)CC4)cc3c2)cn1. The Labute approximate surface area is 182 Å². The summed E-state index contributed by atoms with van der Waals surface area (Å²) in [5.41, 5.74) is 3.04. The molecule has 3 heterocycles. The molecule has 1 aromatic carbocycles. The van der Waals surface area contributed by atoms with Crippen LogP contribution in [0.3, 0.4) is 0 Å². The fraction of sp³-hybridized carbons (Fsp3) is 0.480. The molecule has 1 saturated heterocycles. The number of carbonyl (C=O) groups excluding carboxylic acids is 1. The second-order valence-electron chi connectivity index (χ2n) is 9.32. The maximum Gasteiger partial charge on any atom is 0.141 e. The van der Waals surface area contributed by atoms with Gasteiger partial charge in [-0.1, -0.05) is 12.1 Å². The smallest absolute Gasteiger partial charge is 0.141 e. The number of benzene rings is 1. The van der Waals surface area contributed by atoms with E-state index in [1.54, 1.807) is 4.68 Å². The number of aryl methyl sites for hydroxylation is 1. The number of hydrogen-bond donors (Lipinski definition) is 0. The highest BCUT2D eigenvalue weighted by Crippen LogP contribution is 2.32. The first-order chi connectivity index (χ1) is 15.0. The minimum absolute atomic E-state index is 0.140. The van der Waals surface area contributed by atoms with Crippen molar-refractivity contribution in [3.63, 3.8) is 0 Å². The monoisotopic (exact) mass is 420 g/mol. The zero-order valence-corrected chi connectivity index (χ0v) is 18.0. The van der Waals surface area contributed by atoms with Gasteiger partial charge in [0.1, 0.15) is 12.0 Å². The van der Waals surface area contributed by atoms with E-state index < -0.39 is 6.17 Å². The number of rotatable bonds is 6. The molecule has 5 rings (SSSR count). The standard InChI is InChI=1S/C25H29FN4O/c1-29-14-22(12-28-29)19-6-7-20-11-27-24(9-21(20)8-19)10-25(31)18-4-2-17(3-5-18)13-30-15-23(26)16-30/h6-9,11-12,14,17-18,23H,2-5,10,13,15-16H2,1H3. The predicted molar refractivity (Wildman–Crippen MR) is 119 cm³/mol. The van der Waals surface area contributed by atoms with E-state index in [-0.39, 0.29) is 5.92 Å². The Morgan fingerprint density at radius 1 is 1.06 bits per heavy atom. The summed E-state index contributed by atoms with van der Waals surface area (Å²) in [5, 5.41) is 6.43. The fourth-order valence-electron chi connectivity index (χ4n) is 5.04. The van der Waals surface area contributed by atoms with Crippen LogP contribution >= 0.6 is 0 Å². The van der Waals surface area contributed by atoms with Crippen LogP contribution in [0.1, 0.15) is 31.4 Å². The Balaban J connectivity index is 1.21. The first-order valence-corrected chi connectivity index (χ1v) is 11.3. The van der Waals surface area contributed by atoms with Crippen LogP contribution in [-0.2, 0) is 18.3 Å². The molecule has 1 aliphatic heterocycles. The number of fused-ring (bicyclic) bond motifs is 1. The quantitative estimate of drug-likeness (QED) is 0.600. The van der Waals surface area contributed by atoms with Gasteiger partial charge in [-0.05, 0) is 54.7 Å². The van der Waals surface area contributed by atoms with Gasteiger partial charge in [-0.2, -0.15) is 5.10 Å². The first-order valence-electron chi connectivity index (χ1n) is 11.3. The fourth-order valence-corrected chi connectivity index (χ4v) is 5.04. The van der Waals surface area contributed by atoms with Crippen molar-refractivity contribution in [1.29, 1.82) is 0 Å². The lowest BCUT2D eigenvalue weighted by atomic mass is 9.78. The summed E-state index contributed by atoms with van der Waals surface area (Å²) in [5.74, 6) is 1.06. The van der Waals surface area contributed by atoms with Crippen molar-refractivity contribution in [3.8, 4) is 11.1 Å². The molecule has 0 atom stereocenters. The molecule has 0 bridgehead atoms.